The summed E-state index contributed by atoms with van der Waals surface area (Å²) in [5, 5.41) is 8.80. The molecule has 1 unspecified atom stereocenters. The fourth-order valence-electron chi connectivity index (χ4n) is 2.05. The predicted molar refractivity (Wildman–Crippen MR) is 62.7 cm³/mol. The van der Waals surface area contributed by atoms with Gasteiger partial charge in [-0.1, -0.05) is 19.8 Å². The second kappa shape index (κ2) is 4.58. The van der Waals surface area contributed by atoms with E-state index in [0.29, 0.717) is 5.92 Å². The van der Waals surface area contributed by atoms with E-state index in [4.69, 9.17) is 5.26 Å². The van der Waals surface area contributed by atoms with Crippen LogP contribution in [-0.4, -0.2) is 9.55 Å². The number of rotatable bonds is 4. The van der Waals surface area contributed by atoms with Gasteiger partial charge in [-0.15, -0.1) is 0 Å². The van der Waals surface area contributed by atoms with E-state index in [9.17, 15) is 9.59 Å². The highest BCUT2D eigenvalue weighted by molar-refractivity contribution is 5.21. The lowest BCUT2D eigenvalue weighted by Crippen LogP contribution is -2.33. The summed E-state index contributed by atoms with van der Waals surface area (Å²) in [6, 6.07) is 1.89. The smallest absolute Gasteiger partial charge is 0.296 e. The molecule has 0 saturated heterocycles. The minimum atomic E-state index is -0.602. The van der Waals surface area contributed by atoms with Gasteiger partial charge in [0.25, 0.3) is 5.56 Å². The molecule has 1 heterocycles. The lowest BCUT2D eigenvalue weighted by atomic mass is 10.1. The number of hydrogen-bond donors (Lipinski definition) is 1. The van der Waals surface area contributed by atoms with E-state index in [1.807, 2.05) is 13.0 Å². The third kappa shape index (κ3) is 2.47. The van der Waals surface area contributed by atoms with Crippen molar-refractivity contribution in [1.82, 2.24) is 9.55 Å². The van der Waals surface area contributed by atoms with Crippen LogP contribution in [0.25, 0.3) is 0 Å². The number of aromatic nitrogens is 2. The molecule has 17 heavy (non-hydrogen) atoms. The normalized spacial score (nSPS) is 16.5. The van der Waals surface area contributed by atoms with Crippen LogP contribution in [-0.2, 0) is 0 Å². The minimum absolute atomic E-state index is 0.00107. The molecule has 90 valence electrons. The zero-order valence-corrected chi connectivity index (χ0v) is 9.77. The lowest BCUT2D eigenvalue weighted by Gasteiger charge is -2.17. The Hall–Kier alpha value is -1.83. The van der Waals surface area contributed by atoms with E-state index >= 15 is 0 Å². The molecule has 1 aromatic heterocycles. The molecule has 5 nitrogen and oxygen atoms in total. The molecule has 1 atom stereocenters. The van der Waals surface area contributed by atoms with Gasteiger partial charge in [0.15, 0.2) is 0 Å². The molecule has 2 rings (SSSR count). The first kappa shape index (κ1) is 11.6. The molecule has 1 aromatic rings. The summed E-state index contributed by atoms with van der Waals surface area (Å²) in [5.41, 5.74) is -1.02. The first-order valence-electron chi connectivity index (χ1n) is 5.91. The van der Waals surface area contributed by atoms with Crippen LogP contribution in [0.4, 0.5) is 0 Å². The van der Waals surface area contributed by atoms with Crippen molar-refractivity contribution in [3.8, 4) is 6.07 Å². The summed E-state index contributed by atoms with van der Waals surface area (Å²) in [5.74, 6) is 0.698. The Labute approximate surface area is 98.7 Å². The van der Waals surface area contributed by atoms with E-state index < -0.39 is 11.2 Å². The molecule has 1 N–H and O–H groups in total. The third-order valence-corrected chi connectivity index (χ3v) is 3.26. The molecule has 1 aliphatic rings. The maximum atomic E-state index is 11.7. The van der Waals surface area contributed by atoms with Gasteiger partial charge in [0, 0.05) is 12.2 Å². The van der Waals surface area contributed by atoms with E-state index in [1.165, 1.54) is 23.6 Å². The van der Waals surface area contributed by atoms with Crippen LogP contribution in [0.5, 0.6) is 0 Å². The maximum absolute atomic E-state index is 11.7. The molecule has 0 spiro atoms. The molecule has 0 aliphatic heterocycles. The number of nitriles is 1. The number of H-pyrrole nitrogens is 1. The Morgan fingerprint density at radius 2 is 2.29 bits per heavy atom. The molecule has 0 radical (unpaired) electrons. The highest BCUT2D eigenvalue weighted by atomic mass is 16.2. The summed E-state index contributed by atoms with van der Waals surface area (Å²) in [6.45, 7) is 2.01. The van der Waals surface area contributed by atoms with Gasteiger partial charge >= 0.3 is 5.69 Å². The van der Waals surface area contributed by atoms with Crippen molar-refractivity contribution in [2.24, 2.45) is 5.92 Å². The van der Waals surface area contributed by atoms with E-state index in [0.717, 1.165) is 12.8 Å². The van der Waals surface area contributed by atoms with Gasteiger partial charge in [-0.25, -0.2) is 4.79 Å². The van der Waals surface area contributed by atoms with Crippen LogP contribution >= 0.6 is 0 Å². The number of aromatic amines is 1. The number of nitrogens with zero attached hydrogens (tertiary/aromatic N) is 2. The Balaban J connectivity index is 2.38. The molecule has 1 fully saturated rings. The maximum Gasteiger partial charge on any atom is 0.328 e. The average molecular weight is 233 g/mol. The van der Waals surface area contributed by atoms with Crippen molar-refractivity contribution >= 4 is 0 Å². The Morgan fingerprint density at radius 1 is 1.59 bits per heavy atom. The number of nitrogens with one attached hydrogen (secondary N) is 1. The van der Waals surface area contributed by atoms with Crippen LogP contribution < -0.4 is 11.2 Å². The van der Waals surface area contributed by atoms with E-state index in [-0.39, 0.29) is 11.6 Å². The second-order valence-electron chi connectivity index (χ2n) is 4.56. The van der Waals surface area contributed by atoms with Crippen molar-refractivity contribution < 1.29 is 0 Å². The monoisotopic (exact) mass is 233 g/mol. The first-order valence-corrected chi connectivity index (χ1v) is 5.91. The fourth-order valence-corrected chi connectivity index (χ4v) is 2.05. The topological polar surface area (TPSA) is 78.7 Å². The van der Waals surface area contributed by atoms with Gasteiger partial charge in [0.2, 0.25) is 0 Å². The van der Waals surface area contributed by atoms with Gasteiger partial charge < -0.3 is 0 Å². The second-order valence-corrected chi connectivity index (χ2v) is 4.56. The van der Waals surface area contributed by atoms with Gasteiger partial charge in [-0.05, 0) is 18.8 Å². The zero-order chi connectivity index (χ0) is 12.4. The van der Waals surface area contributed by atoms with Crippen molar-refractivity contribution in [3.63, 3.8) is 0 Å². The largest absolute Gasteiger partial charge is 0.328 e. The molecule has 0 aromatic carbocycles. The van der Waals surface area contributed by atoms with Gasteiger partial charge in [-0.2, -0.15) is 5.26 Å². The standard InChI is InChI=1S/C12H15N3O2/c1-2-10(5-8-3-4-8)15-7-9(6-13)11(16)14-12(15)17/h7-8,10H,2-5H2,1H3,(H,14,16,17). The average Bonchev–Trinajstić information content (AvgIpc) is 3.11. The molecule has 0 amide bonds. The SMILES string of the molecule is CCC(CC1CC1)n1cc(C#N)c(=O)[nH]c1=O. The quantitative estimate of drug-likeness (QED) is 0.847. The fraction of sp³-hybridized carbons (Fsp3) is 0.583. The summed E-state index contributed by atoms with van der Waals surface area (Å²) in [4.78, 5) is 25.2. The van der Waals surface area contributed by atoms with Gasteiger partial charge in [0.05, 0.1) is 0 Å². The van der Waals surface area contributed by atoms with Crippen molar-refractivity contribution in [1.29, 1.82) is 5.26 Å². The van der Waals surface area contributed by atoms with Crippen LogP contribution in [0.3, 0.4) is 0 Å². The molecular weight excluding hydrogens is 218 g/mol. The van der Waals surface area contributed by atoms with Crippen molar-refractivity contribution in [2.75, 3.05) is 0 Å². The van der Waals surface area contributed by atoms with E-state index in [1.54, 1.807) is 0 Å². The van der Waals surface area contributed by atoms with Crippen LogP contribution in [0, 0.1) is 17.2 Å². The minimum Gasteiger partial charge on any atom is -0.296 e. The van der Waals surface area contributed by atoms with E-state index in [2.05, 4.69) is 4.98 Å². The predicted octanol–water partition coefficient (Wildman–Crippen LogP) is 1.16. The first-order chi connectivity index (χ1) is 8.15. The van der Waals surface area contributed by atoms with Crippen molar-refractivity contribution in [3.05, 3.63) is 32.6 Å². The Kier molecular flexibility index (Phi) is 3.14. The number of hydrogen-bond acceptors (Lipinski definition) is 3. The van der Waals surface area contributed by atoms with Crippen LogP contribution in [0.15, 0.2) is 15.8 Å². The lowest BCUT2D eigenvalue weighted by molar-refractivity contribution is 0.410. The summed E-state index contributed by atoms with van der Waals surface area (Å²) >= 11 is 0. The summed E-state index contributed by atoms with van der Waals surface area (Å²) < 4.78 is 1.50. The third-order valence-electron chi connectivity index (χ3n) is 3.26. The zero-order valence-electron chi connectivity index (χ0n) is 9.77. The Bertz CT molecular complexity index is 560. The van der Waals surface area contributed by atoms with Crippen LogP contribution in [0.2, 0.25) is 0 Å². The molecular formula is C12H15N3O2. The van der Waals surface area contributed by atoms with Crippen molar-refractivity contribution in [2.45, 2.75) is 38.6 Å². The molecule has 0 bridgehead atoms. The van der Waals surface area contributed by atoms with Crippen LogP contribution in [0.1, 0.15) is 44.2 Å². The van der Waals surface area contributed by atoms with Gasteiger partial charge in [0.1, 0.15) is 11.6 Å². The molecule has 1 saturated carbocycles. The molecule has 5 heteroatoms. The summed E-state index contributed by atoms with van der Waals surface area (Å²) in [7, 11) is 0. The van der Waals surface area contributed by atoms with Gasteiger partial charge in [-0.3, -0.25) is 14.3 Å². The highest BCUT2D eigenvalue weighted by Gasteiger charge is 2.26. The molecule has 1 aliphatic carbocycles. The highest BCUT2D eigenvalue weighted by Crippen LogP contribution is 2.37. The summed E-state index contributed by atoms with van der Waals surface area (Å²) in [6.07, 6.45) is 5.61. The Morgan fingerprint density at radius 3 is 2.82 bits per heavy atom.